The maximum atomic E-state index is 11.7. The Kier molecular flexibility index (Phi) is 3.48. The first-order valence-corrected chi connectivity index (χ1v) is 6.59. The summed E-state index contributed by atoms with van der Waals surface area (Å²) < 4.78 is 0.380. The Morgan fingerprint density at radius 1 is 1.47 bits per heavy atom. The van der Waals surface area contributed by atoms with Gasteiger partial charge in [0.2, 0.25) is 5.91 Å². The van der Waals surface area contributed by atoms with Crippen molar-refractivity contribution in [3.05, 3.63) is 32.8 Å². The van der Waals surface area contributed by atoms with Gasteiger partial charge < -0.3 is 4.90 Å². The highest BCUT2D eigenvalue weighted by molar-refractivity contribution is 9.10. The molecule has 1 aromatic rings. The van der Waals surface area contributed by atoms with Crippen LogP contribution in [0.1, 0.15) is 6.42 Å². The van der Waals surface area contributed by atoms with Crippen molar-refractivity contribution >= 4 is 49.1 Å². The zero-order chi connectivity index (χ0) is 12.6. The lowest BCUT2D eigenvalue weighted by Gasteiger charge is -2.16. The van der Waals surface area contributed by atoms with Gasteiger partial charge in [0.1, 0.15) is 5.69 Å². The predicted octanol–water partition coefficient (Wildman–Crippen LogP) is 2.86. The van der Waals surface area contributed by atoms with E-state index in [1.54, 1.807) is 18.2 Å². The first-order chi connectivity index (χ1) is 8.00. The molecule has 1 heterocycles. The van der Waals surface area contributed by atoms with Gasteiger partial charge in [0, 0.05) is 17.8 Å². The standard InChI is InChI=1S/C10H8Br2N2O3/c11-6-4-9(15)13(5-6)8-3-1-2-7(12)10(8)14(16)17/h1-3,6H,4-5H2. The summed E-state index contributed by atoms with van der Waals surface area (Å²) in [4.78, 5) is 23.8. The average molecular weight is 364 g/mol. The van der Waals surface area contributed by atoms with E-state index < -0.39 is 4.92 Å². The number of nitrogens with zero attached hydrogens (tertiary/aromatic N) is 2. The molecule has 90 valence electrons. The molecule has 1 atom stereocenters. The Hall–Kier alpha value is -0.950. The third kappa shape index (κ3) is 2.35. The molecule has 1 aromatic carbocycles. The number of halogens is 2. The number of rotatable bonds is 2. The Balaban J connectivity index is 2.49. The summed E-state index contributed by atoms with van der Waals surface area (Å²) >= 11 is 6.49. The number of para-hydroxylation sites is 1. The number of anilines is 1. The number of nitro groups is 1. The smallest absolute Gasteiger partial charge is 0.305 e. The second-order valence-electron chi connectivity index (χ2n) is 3.67. The molecule has 5 nitrogen and oxygen atoms in total. The summed E-state index contributed by atoms with van der Waals surface area (Å²) in [6, 6.07) is 4.86. The van der Waals surface area contributed by atoms with E-state index in [2.05, 4.69) is 31.9 Å². The number of alkyl halides is 1. The van der Waals surface area contributed by atoms with Crippen LogP contribution in [-0.4, -0.2) is 22.2 Å². The van der Waals surface area contributed by atoms with E-state index in [9.17, 15) is 14.9 Å². The number of carbonyl (C=O) groups is 1. The maximum Gasteiger partial charge on any atom is 0.307 e. The van der Waals surface area contributed by atoms with Crippen LogP contribution in [-0.2, 0) is 4.79 Å². The van der Waals surface area contributed by atoms with Crippen LogP contribution in [0.25, 0.3) is 0 Å². The zero-order valence-corrected chi connectivity index (χ0v) is 11.8. The molecular formula is C10H8Br2N2O3. The van der Waals surface area contributed by atoms with Crippen molar-refractivity contribution in [1.82, 2.24) is 0 Å². The Morgan fingerprint density at radius 3 is 2.71 bits per heavy atom. The summed E-state index contributed by atoms with van der Waals surface area (Å²) in [7, 11) is 0. The van der Waals surface area contributed by atoms with E-state index in [-0.39, 0.29) is 16.4 Å². The van der Waals surface area contributed by atoms with Gasteiger partial charge in [-0.3, -0.25) is 14.9 Å². The quantitative estimate of drug-likeness (QED) is 0.461. The van der Waals surface area contributed by atoms with E-state index in [0.717, 1.165) is 0 Å². The van der Waals surface area contributed by atoms with E-state index in [0.29, 0.717) is 23.1 Å². The van der Waals surface area contributed by atoms with E-state index in [1.807, 2.05) is 0 Å². The number of amides is 1. The maximum absolute atomic E-state index is 11.7. The second-order valence-corrected chi connectivity index (χ2v) is 5.82. The van der Waals surface area contributed by atoms with Gasteiger partial charge in [-0.1, -0.05) is 22.0 Å². The topological polar surface area (TPSA) is 63.5 Å². The lowest BCUT2D eigenvalue weighted by Crippen LogP contribution is -2.25. The minimum absolute atomic E-state index is 0.0496. The molecule has 17 heavy (non-hydrogen) atoms. The SMILES string of the molecule is O=C1CC(Br)CN1c1cccc(Br)c1[N+](=O)[O-]. The summed E-state index contributed by atoms with van der Waals surface area (Å²) in [5, 5.41) is 11.0. The second kappa shape index (κ2) is 4.73. The van der Waals surface area contributed by atoms with Crippen LogP contribution in [0.4, 0.5) is 11.4 Å². The van der Waals surface area contributed by atoms with Crippen molar-refractivity contribution in [1.29, 1.82) is 0 Å². The van der Waals surface area contributed by atoms with Crippen molar-refractivity contribution in [3.8, 4) is 0 Å². The molecule has 1 amide bonds. The molecule has 1 aliphatic rings. The fourth-order valence-electron chi connectivity index (χ4n) is 1.80. The molecule has 0 spiro atoms. The first-order valence-electron chi connectivity index (χ1n) is 4.88. The van der Waals surface area contributed by atoms with Crippen LogP contribution in [0.2, 0.25) is 0 Å². The molecule has 1 aliphatic heterocycles. The van der Waals surface area contributed by atoms with Crippen molar-refractivity contribution < 1.29 is 9.72 Å². The molecule has 0 N–H and O–H groups in total. The van der Waals surface area contributed by atoms with Crippen LogP contribution in [0.5, 0.6) is 0 Å². The van der Waals surface area contributed by atoms with Crippen LogP contribution in [0.15, 0.2) is 22.7 Å². The summed E-state index contributed by atoms with van der Waals surface area (Å²) in [5.74, 6) is -0.104. The van der Waals surface area contributed by atoms with Crippen LogP contribution < -0.4 is 4.90 Å². The molecule has 1 unspecified atom stereocenters. The van der Waals surface area contributed by atoms with Crippen LogP contribution >= 0.6 is 31.9 Å². The molecular weight excluding hydrogens is 356 g/mol. The summed E-state index contributed by atoms with van der Waals surface area (Å²) in [6.07, 6.45) is 0.365. The lowest BCUT2D eigenvalue weighted by atomic mass is 10.2. The van der Waals surface area contributed by atoms with Gasteiger partial charge in [0.25, 0.3) is 0 Å². The van der Waals surface area contributed by atoms with E-state index >= 15 is 0 Å². The van der Waals surface area contributed by atoms with Crippen molar-refractivity contribution in [2.24, 2.45) is 0 Å². The van der Waals surface area contributed by atoms with Gasteiger partial charge in [-0.2, -0.15) is 0 Å². The molecule has 0 aromatic heterocycles. The molecule has 0 aliphatic carbocycles. The first kappa shape index (κ1) is 12.5. The van der Waals surface area contributed by atoms with Gasteiger partial charge in [0.15, 0.2) is 0 Å². The highest BCUT2D eigenvalue weighted by Crippen LogP contribution is 2.37. The predicted molar refractivity (Wildman–Crippen MR) is 70.5 cm³/mol. The highest BCUT2D eigenvalue weighted by atomic mass is 79.9. The number of carbonyl (C=O) groups excluding carboxylic acids is 1. The molecule has 0 bridgehead atoms. The van der Waals surface area contributed by atoms with Crippen molar-refractivity contribution in [2.75, 3.05) is 11.4 Å². The lowest BCUT2D eigenvalue weighted by molar-refractivity contribution is -0.384. The molecule has 2 rings (SSSR count). The van der Waals surface area contributed by atoms with Crippen molar-refractivity contribution in [2.45, 2.75) is 11.2 Å². The van der Waals surface area contributed by atoms with Crippen LogP contribution in [0, 0.1) is 10.1 Å². The summed E-state index contributed by atoms with van der Waals surface area (Å²) in [5.41, 5.74) is 0.277. The molecule has 0 radical (unpaired) electrons. The Morgan fingerprint density at radius 2 is 2.18 bits per heavy atom. The minimum atomic E-state index is -0.478. The van der Waals surface area contributed by atoms with E-state index in [1.165, 1.54) is 4.90 Å². The Labute approximate surface area is 114 Å². The van der Waals surface area contributed by atoms with Crippen molar-refractivity contribution in [3.63, 3.8) is 0 Å². The van der Waals surface area contributed by atoms with Crippen LogP contribution in [0.3, 0.4) is 0 Å². The molecule has 7 heteroatoms. The van der Waals surface area contributed by atoms with Gasteiger partial charge in [-0.15, -0.1) is 0 Å². The van der Waals surface area contributed by atoms with Gasteiger partial charge in [-0.25, -0.2) is 0 Å². The largest absolute Gasteiger partial charge is 0.307 e. The fraction of sp³-hybridized carbons (Fsp3) is 0.300. The van der Waals surface area contributed by atoms with Gasteiger partial charge in [0.05, 0.1) is 9.40 Å². The number of nitro benzene ring substituents is 1. The number of benzene rings is 1. The van der Waals surface area contributed by atoms with Gasteiger partial charge >= 0.3 is 5.69 Å². The van der Waals surface area contributed by atoms with Gasteiger partial charge in [-0.05, 0) is 28.1 Å². The minimum Gasteiger partial charge on any atom is -0.305 e. The number of hydrogen-bond acceptors (Lipinski definition) is 3. The van der Waals surface area contributed by atoms with E-state index in [4.69, 9.17) is 0 Å². The molecule has 1 saturated heterocycles. The average Bonchev–Trinajstić information content (AvgIpc) is 2.56. The molecule has 1 fully saturated rings. The summed E-state index contributed by atoms with van der Waals surface area (Å²) in [6.45, 7) is 0.454. The third-order valence-electron chi connectivity index (χ3n) is 2.52. The third-order valence-corrected chi connectivity index (χ3v) is 3.77. The molecule has 0 saturated carbocycles. The fourth-order valence-corrected chi connectivity index (χ4v) is 2.87. The zero-order valence-electron chi connectivity index (χ0n) is 8.60. The monoisotopic (exact) mass is 362 g/mol. The Bertz CT molecular complexity index is 492. The highest BCUT2D eigenvalue weighted by Gasteiger charge is 2.33. The normalized spacial score (nSPS) is 19.8. The number of hydrogen-bond donors (Lipinski definition) is 0.